The van der Waals surface area contributed by atoms with Crippen molar-refractivity contribution in [3.63, 3.8) is 0 Å². The second-order valence-electron chi connectivity index (χ2n) is 7.38. The number of rotatable bonds is 3. The van der Waals surface area contributed by atoms with E-state index in [1.807, 2.05) is 0 Å². The first-order valence-corrected chi connectivity index (χ1v) is 10.1. The molecular formula is C23H17ClFN5O2. The summed E-state index contributed by atoms with van der Waals surface area (Å²) in [6.45, 7) is 3.06. The molecule has 3 heterocycles. The number of anilines is 2. The van der Waals surface area contributed by atoms with Crippen LogP contribution in [-0.4, -0.2) is 28.3 Å². The van der Waals surface area contributed by atoms with Gasteiger partial charge in [0.2, 0.25) is 11.8 Å². The lowest BCUT2D eigenvalue weighted by molar-refractivity contribution is -0.122. The molecule has 0 unspecified atom stereocenters. The van der Waals surface area contributed by atoms with Crippen LogP contribution in [-0.2, 0) is 9.59 Å². The minimum atomic E-state index is -0.670. The van der Waals surface area contributed by atoms with Crippen LogP contribution in [0.2, 0.25) is 5.02 Å². The summed E-state index contributed by atoms with van der Waals surface area (Å²) in [5, 5.41) is 12.2. The molecule has 1 aliphatic heterocycles. The molecule has 0 saturated heterocycles. The van der Waals surface area contributed by atoms with Crippen LogP contribution in [0.5, 0.6) is 0 Å². The number of nitriles is 1. The summed E-state index contributed by atoms with van der Waals surface area (Å²) in [7, 11) is 0. The standard InChI is InChI=1S/C23H17ClFN5O2/c1-12-8-19-21(18(10-26)28-12)15-4-3-7-27-22(15)13(2)23(32)30(19)11-20(31)29-14-5-6-16(24)17(25)9-14/h3-9,13H,11H2,1-2H3,(H,29,31)/t13-/m0/s1. The monoisotopic (exact) mass is 449 g/mol. The van der Waals surface area contributed by atoms with Crippen LogP contribution in [0.1, 0.15) is 29.9 Å². The van der Waals surface area contributed by atoms with Gasteiger partial charge < -0.3 is 10.2 Å². The van der Waals surface area contributed by atoms with Crippen LogP contribution >= 0.6 is 11.6 Å². The lowest BCUT2D eigenvalue weighted by atomic mass is 9.96. The predicted octanol–water partition coefficient (Wildman–Crippen LogP) is 4.21. The number of nitrogens with one attached hydrogen (secondary N) is 1. The molecule has 1 aromatic carbocycles. The first kappa shape index (κ1) is 21.4. The van der Waals surface area contributed by atoms with Gasteiger partial charge in [-0.25, -0.2) is 9.37 Å². The highest BCUT2D eigenvalue weighted by molar-refractivity contribution is 6.30. The van der Waals surface area contributed by atoms with Gasteiger partial charge in [-0.15, -0.1) is 0 Å². The van der Waals surface area contributed by atoms with E-state index in [9.17, 15) is 19.2 Å². The van der Waals surface area contributed by atoms with E-state index in [0.29, 0.717) is 28.2 Å². The van der Waals surface area contributed by atoms with Crippen molar-refractivity contribution in [2.45, 2.75) is 19.8 Å². The molecule has 160 valence electrons. The van der Waals surface area contributed by atoms with Gasteiger partial charge in [-0.2, -0.15) is 5.26 Å². The molecule has 32 heavy (non-hydrogen) atoms. The molecular weight excluding hydrogens is 433 g/mol. The third-order valence-corrected chi connectivity index (χ3v) is 5.49. The maximum atomic E-state index is 13.7. The average molecular weight is 450 g/mol. The van der Waals surface area contributed by atoms with Gasteiger partial charge in [-0.3, -0.25) is 14.6 Å². The maximum Gasteiger partial charge on any atom is 0.244 e. The number of halogens is 2. The SMILES string of the molecule is Cc1cc2c(c(C#N)n1)-c1cccnc1[C@H](C)C(=O)N2CC(=O)Nc1ccc(Cl)c(F)c1. The second kappa shape index (κ2) is 8.36. The smallest absolute Gasteiger partial charge is 0.244 e. The summed E-state index contributed by atoms with van der Waals surface area (Å²) >= 11 is 5.69. The van der Waals surface area contributed by atoms with Crippen LogP contribution in [0.15, 0.2) is 42.6 Å². The quantitative estimate of drug-likeness (QED) is 0.645. The second-order valence-corrected chi connectivity index (χ2v) is 7.78. The topological polar surface area (TPSA) is 99.0 Å². The van der Waals surface area contributed by atoms with E-state index in [1.54, 1.807) is 38.2 Å². The molecule has 4 rings (SSSR count). The number of hydrogen-bond donors (Lipinski definition) is 1. The van der Waals surface area contributed by atoms with Crippen molar-refractivity contribution < 1.29 is 14.0 Å². The van der Waals surface area contributed by atoms with Crippen molar-refractivity contribution in [1.82, 2.24) is 9.97 Å². The predicted molar refractivity (Wildman–Crippen MR) is 118 cm³/mol. The van der Waals surface area contributed by atoms with E-state index in [0.717, 1.165) is 6.07 Å². The van der Waals surface area contributed by atoms with Gasteiger partial charge >= 0.3 is 0 Å². The van der Waals surface area contributed by atoms with Gasteiger partial charge in [0.05, 0.1) is 22.3 Å². The number of carbonyl (C=O) groups excluding carboxylic acids is 2. The number of hydrogen-bond acceptors (Lipinski definition) is 5. The van der Waals surface area contributed by atoms with Gasteiger partial charge in [0.1, 0.15) is 18.4 Å². The highest BCUT2D eigenvalue weighted by Gasteiger charge is 2.35. The van der Waals surface area contributed by atoms with Crippen LogP contribution in [0, 0.1) is 24.1 Å². The van der Waals surface area contributed by atoms with E-state index >= 15 is 0 Å². The Morgan fingerprint density at radius 2 is 2.12 bits per heavy atom. The molecule has 2 amide bonds. The number of amides is 2. The Labute approximate surface area is 188 Å². The maximum absolute atomic E-state index is 13.7. The highest BCUT2D eigenvalue weighted by atomic mass is 35.5. The van der Waals surface area contributed by atoms with Crippen LogP contribution in [0.25, 0.3) is 11.1 Å². The number of benzene rings is 1. The molecule has 3 aromatic rings. The van der Waals surface area contributed by atoms with Crippen LogP contribution in [0.4, 0.5) is 15.8 Å². The zero-order valence-electron chi connectivity index (χ0n) is 17.2. The minimum absolute atomic E-state index is 0.0641. The lowest BCUT2D eigenvalue weighted by Gasteiger charge is -2.24. The Hall–Kier alpha value is -3.83. The summed E-state index contributed by atoms with van der Waals surface area (Å²) in [4.78, 5) is 36.2. The summed E-state index contributed by atoms with van der Waals surface area (Å²) in [6.07, 6.45) is 1.58. The molecule has 9 heteroatoms. The number of aromatic nitrogens is 2. The first-order valence-electron chi connectivity index (χ1n) is 9.73. The third kappa shape index (κ3) is 3.79. The molecule has 2 aromatic heterocycles. The number of carbonyl (C=O) groups is 2. The van der Waals surface area contributed by atoms with Gasteiger partial charge in [0, 0.05) is 28.7 Å². The molecule has 0 radical (unpaired) electrons. The molecule has 0 aliphatic carbocycles. The average Bonchev–Trinajstić information content (AvgIpc) is 2.85. The van der Waals surface area contributed by atoms with Crippen LogP contribution < -0.4 is 10.2 Å². The Balaban J connectivity index is 1.78. The fourth-order valence-corrected chi connectivity index (χ4v) is 3.86. The Morgan fingerprint density at radius 1 is 1.34 bits per heavy atom. The Kier molecular flexibility index (Phi) is 5.59. The molecule has 1 atom stereocenters. The van der Waals surface area contributed by atoms with E-state index in [1.165, 1.54) is 17.0 Å². The number of nitrogens with zero attached hydrogens (tertiary/aromatic N) is 4. The fourth-order valence-electron chi connectivity index (χ4n) is 3.74. The van der Waals surface area contributed by atoms with E-state index in [4.69, 9.17) is 11.6 Å². The van der Waals surface area contributed by atoms with E-state index in [2.05, 4.69) is 21.4 Å². The normalized spacial score (nSPS) is 14.8. The van der Waals surface area contributed by atoms with Crippen molar-refractivity contribution in [2.75, 3.05) is 16.8 Å². The minimum Gasteiger partial charge on any atom is -0.324 e. The molecule has 0 fully saturated rings. The summed E-state index contributed by atoms with van der Waals surface area (Å²) in [5.41, 5.74) is 2.85. The lowest BCUT2D eigenvalue weighted by Crippen LogP contribution is -2.40. The molecule has 0 bridgehead atoms. The van der Waals surface area contributed by atoms with E-state index < -0.39 is 17.6 Å². The fraction of sp³-hybridized carbons (Fsp3) is 0.174. The first-order chi connectivity index (χ1) is 15.3. The van der Waals surface area contributed by atoms with E-state index in [-0.39, 0.29) is 28.9 Å². The summed E-state index contributed by atoms with van der Waals surface area (Å²) in [5.74, 6) is -2.22. The van der Waals surface area contributed by atoms with Gasteiger partial charge in [0.15, 0.2) is 5.69 Å². The van der Waals surface area contributed by atoms with Crippen LogP contribution in [0.3, 0.4) is 0 Å². The van der Waals surface area contributed by atoms with Gasteiger partial charge in [-0.1, -0.05) is 17.7 Å². The van der Waals surface area contributed by atoms with Crippen molar-refractivity contribution >= 4 is 34.8 Å². The molecule has 0 saturated carbocycles. The summed E-state index contributed by atoms with van der Waals surface area (Å²) in [6, 6.07) is 11.1. The van der Waals surface area contributed by atoms with Crippen molar-refractivity contribution in [3.8, 4) is 17.2 Å². The Bertz CT molecular complexity index is 1300. The van der Waals surface area contributed by atoms with Gasteiger partial charge in [0.25, 0.3) is 0 Å². The summed E-state index contributed by atoms with van der Waals surface area (Å²) < 4.78 is 13.7. The largest absolute Gasteiger partial charge is 0.324 e. The van der Waals surface area contributed by atoms with Crippen molar-refractivity contribution in [3.05, 3.63) is 70.5 Å². The number of pyridine rings is 2. The number of aryl methyl sites for hydroxylation is 1. The number of fused-ring (bicyclic) bond motifs is 3. The van der Waals surface area contributed by atoms with Crippen molar-refractivity contribution in [2.24, 2.45) is 0 Å². The highest BCUT2D eigenvalue weighted by Crippen LogP contribution is 2.41. The third-order valence-electron chi connectivity index (χ3n) is 5.18. The van der Waals surface area contributed by atoms with Crippen molar-refractivity contribution in [1.29, 1.82) is 5.26 Å². The molecule has 1 N–H and O–H groups in total. The molecule has 7 nitrogen and oxygen atoms in total. The Morgan fingerprint density at radius 3 is 2.84 bits per heavy atom. The zero-order chi connectivity index (χ0) is 23.0. The van der Waals surface area contributed by atoms with Gasteiger partial charge in [-0.05, 0) is 44.2 Å². The zero-order valence-corrected chi connectivity index (χ0v) is 17.9. The molecule has 0 spiro atoms. The molecule has 1 aliphatic rings.